The first-order chi connectivity index (χ1) is 16.9. The number of amides is 2. The van der Waals surface area contributed by atoms with E-state index in [-0.39, 0.29) is 11.4 Å². The summed E-state index contributed by atoms with van der Waals surface area (Å²) in [5.41, 5.74) is 3.74. The number of hydrogen-bond acceptors (Lipinski definition) is 6. The predicted octanol–water partition coefficient (Wildman–Crippen LogP) is 5.33. The number of aromatic nitrogens is 2. The Morgan fingerprint density at radius 2 is 1.74 bits per heavy atom. The van der Waals surface area contributed by atoms with E-state index in [4.69, 9.17) is 9.26 Å². The molecule has 1 fully saturated rings. The van der Waals surface area contributed by atoms with Gasteiger partial charge in [0, 0.05) is 47.7 Å². The van der Waals surface area contributed by atoms with Crippen LogP contribution in [0, 0.1) is 0 Å². The SMILES string of the molecule is CC(C)(C)c1cc(NC(=O)Nc2ccc(-c3ccc(CCCCN4CCOCC4)nc3)cc2)no1. The fourth-order valence-electron chi connectivity index (χ4n) is 3.92. The number of ether oxygens (including phenoxy) is 1. The topological polar surface area (TPSA) is 92.5 Å². The first kappa shape index (κ1) is 24.9. The molecule has 3 aromatic rings. The molecule has 0 unspecified atom stereocenters. The van der Waals surface area contributed by atoms with Gasteiger partial charge in [0.1, 0.15) is 5.76 Å². The number of urea groups is 1. The van der Waals surface area contributed by atoms with E-state index in [9.17, 15) is 4.79 Å². The summed E-state index contributed by atoms with van der Waals surface area (Å²) in [7, 11) is 0. The van der Waals surface area contributed by atoms with Crippen LogP contribution in [0.3, 0.4) is 0 Å². The maximum Gasteiger partial charge on any atom is 0.324 e. The number of aryl methyl sites for hydroxylation is 1. The number of anilines is 2. The first-order valence-electron chi connectivity index (χ1n) is 12.3. The second kappa shape index (κ2) is 11.5. The molecule has 0 saturated carbocycles. The molecule has 2 aromatic heterocycles. The number of benzene rings is 1. The minimum absolute atomic E-state index is 0.171. The fraction of sp³-hybridized carbons (Fsp3) is 0.444. The molecule has 0 radical (unpaired) electrons. The Morgan fingerprint density at radius 3 is 2.40 bits per heavy atom. The molecule has 186 valence electrons. The Bertz CT molecular complexity index is 1080. The van der Waals surface area contributed by atoms with Crippen LogP contribution in [-0.2, 0) is 16.6 Å². The normalized spacial score (nSPS) is 14.6. The number of nitrogens with one attached hydrogen (secondary N) is 2. The zero-order valence-electron chi connectivity index (χ0n) is 20.8. The Labute approximate surface area is 207 Å². The molecule has 0 atom stereocenters. The van der Waals surface area contributed by atoms with Crippen LogP contribution >= 0.6 is 0 Å². The molecule has 4 rings (SSSR count). The molecular weight excluding hydrogens is 442 g/mol. The van der Waals surface area contributed by atoms with E-state index in [0.717, 1.165) is 62.5 Å². The van der Waals surface area contributed by atoms with Crippen LogP contribution in [0.15, 0.2) is 53.2 Å². The van der Waals surface area contributed by atoms with Gasteiger partial charge in [0.05, 0.1) is 13.2 Å². The number of morpholine rings is 1. The van der Waals surface area contributed by atoms with E-state index in [1.54, 1.807) is 6.07 Å². The van der Waals surface area contributed by atoms with E-state index < -0.39 is 0 Å². The summed E-state index contributed by atoms with van der Waals surface area (Å²) in [6.45, 7) is 11.0. The van der Waals surface area contributed by atoms with Crippen molar-refractivity contribution in [3.8, 4) is 11.1 Å². The van der Waals surface area contributed by atoms with Crippen molar-refractivity contribution >= 4 is 17.5 Å². The molecular formula is C27H35N5O3. The Hall–Kier alpha value is -3.23. The number of carbonyl (C=O) groups excluding carboxylic acids is 1. The van der Waals surface area contributed by atoms with E-state index >= 15 is 0 Å². The molecule has 0 bridgehead atoms. The first-order valence-corrected chi connectivity index (χ1v) is 12.3. The van der Waals surface area contributed by atoms with Crippen molar-refractivity contribution in [1.29, 1.82) is 0 Å². The largest absolute Gasteiger partial charge is 0.379 e. The van der Waals surface area contributed by atoms with Crippen molar-refractivity contribution in [3.63, 3.8) is 0 Å². The molecule has 0 aliphatic carbocycles. The number of nitrogens with zero attached hydrogens (tertiary/aromatic N) is 3. The molecule has 2 N–H and O–H groups in total. The van der Waals surface area contributed by atoms with Gasteiger partial charge in [-0.25, -0.2) is 4.79 Å². The van der Waals surface area contributed by atoms with Crippen LogP contribution < -0.4 is 10.6 Å². The van der Waals surface area contributed by atoms with E-state index in [1.807, 2.05) is 51.2 Å². The molecule has 1 aromatic carbocycles. The average molecular weight is 478 g/mol. The Morgan fingerprint density at radius 1 is 1.00 bits per heavy atom. The zero-order chi connectivity index (χ0) is 24.7. The van der Waals surface area contributed by atoms with Crippen molar-refractivity contribution in [2.75, 3.05) is 43.5 Å². The average Bonchev–Trinajstić information content (AvgIpc) is 3.32. The van der Waals surface area contributed by atoms with Crippen molar-refractivity contribution < 1.29 is 14.1 Å². The molecule has 1 aliphatic rings. The third-order valence-electron chi connectivity index (χ3n) is 6.05. The van der Waals surface area contributed by atoms with Gasteiger partial charge >= 0.3 is 6.03 Å². The lowest BCUT2D eigenvalue weighted by atomic mass is 9.93. The maximum atomic E-state index is 12.3. The third-order valence-corrected chi connectivity index (χ3v) is 6.05. The van der Waals surface area contributed by atoms with Gasteiger partial charge in [0.2, 0.25) is 0 Å². The van der Waals surface area contributed by atoms with Crippen LogP contribution in [0.4, 0.5) is 16.3 Å². The van der Waals surface area contributed by atoms with Crippen molar-refractivity contribution in [2.24, 2.45) is 0 Å². The van der Waals surface area contributed by atoms with Gasteiger partial charge in [-0.05, 0) is 49.6 Å². The highest BCUT2D eigenvalue weighted by Gasteiger charge is 2.20. The molecule has 1 aliphatic heterocycles. The van der Waals surface area contributed by atoms with Gasteiger partial charge in [0.15, 0.2) is 5.82 Å². The summed E-state index contributed by atoms with van der Waals surface area (Å²) >= 11 is 0. The fourth-order valence-corrected chi connectivity index (χ4v) is 3.92. The van der Waals surface area contributed by atoms with Crippen LogP contribution in [0.1, 0.15) is 45.1 Å². The monoisotopic (exact) mass is 477 g/mol. The van der Waals surface area contributed by atoms with Crippen molar-refractivity contribution in [3.05, 3.63) is 60.1 Å². The number of rotatable bonds is 8. The number of hydrogen-bond donors (Lipinski definition) is 2. The quantitative estimate of drug-likeness (QED) is 0.426. The smallest absolute Gasteiger partial charge is 0.324 e. The molecule has 2 amide bonds. The lowest BCUT2D eigenvalue weighted by Crippen LogP contribution is -2.36. The molecule has 8 heteroatoms. The molecule has 35 heavy (non-hydrogen) atoms. The lowest BCUT2D eigenvalue weighted by Gasteiger charge is -2.26. The Balaban J connectivity index is 1.23. The van der Waals surface area contributed by atoms with Crippen LogP contribution in [0.2, 0.25) is 0 Å². The van der Waals surface area contributed by atoms with E-state index in [1.165, 1.54) is 6.42 Å². The van der Waals surface area contributed by atoms with Crippen LogP contribution in [0.25, 0.3) is 11.1 Å². The molecule has 8 nitrogen and oxygen atoms in total. The zero-order valence-corrected chi connectivity index (χ0v) is 20.8. The highest BCUT2D eigenvalue weighted by atomic mass is 16.5. The van der Waals surface area contributed by atoms with Gasteiger partial charge in [-0.2, -0.15) is 0 Å². The van der Waals surface area contributed by atoms with E-state index in [2.05, 4.69) is 37.8 Å². The van der Waals surface area contributed by atoms with Gasteiger partial charge < -0.3 is 14.6 Å². The standard InChI is InChI=1S/C27H35N5O3/c1-27(2,3)24-18-25(31-35-24)30-26(33)29-23-11-7-20(8-12-23)21-9-10-22(28-19-21)6-4-5-13-32-14-16-34-17-15-32/h7-12,18-19H,4-6,13-17H2,1-3H3,(H2,29,30,31,33). The van der Waals surface area contributed by atoms with Crippen molar-refractivity contribution in [2.45, 2.75) is 45.4 Å². The van der Waals surface area contributed by atoms with Crippen LogP contribution in [-0.4, -0.2) is 53.9 Å². The molecule has 3 heterocycles. The number of pyridine rings is 1. The maximum absolute atomic E-state index is 12.3. The summed E-state index contributed by atoms with van der Waals surface area (Å²) in [5.74, 6) is 1.10. The summed E-state index contributed by atoms with van der Waals surface area (Å²) in [6.07, 6.45) is 5.23. The van der Waals surface area contributed by atoms with Gasteiger partial charge in [-0.3, -0.25) is 15.2 Å². The van der Waals surface area contributed by atoms with Crippen LogP contribution in [0.5, 0.6) is 0 Å². The van der Waals surface area contributed by atoms with Gasteiger partial charge in [0.25, 0.3) is 0 Å². The number of unbranched alkanes of at least 4 members (excludes halogenated alkanes) is 1. The summed E-state index contributed by atoms with van der Waals surface area (Å²) in [5, 5.41) is 9.43. The van der Waals surface area contributed by atoms with E-state index in [0.29, 0.717) is 17.3 Å². The summed E-state index contributed by atoms with van der Waals surface area (Å²) in [4.78, 5) is 19.4. The second-order valence-corrected chi connectivity index (χ2v) is 9.93. The minimum Gasteiger partial charge on any atom is -0.379 e. The lowest BCUT2D eigenvalue weighted by molar-refractivity contribution is 0.0372. The highest BCUT2D eigenvalue weighted by molar-refractivity contribution is 5.99. The second-order valence-electron chi connectivity index (χ2n) is 9.93. The van der Waals surface area contributed by atoms with Crippen molar-refractivity contribution in [1.82, 2.24) is 15.0 Å². The summed E-state index contributed by atoms with van der Waals surface area (Å²) < 4.78 is 10.7. The number of carbonyl (C=O) groups is 1. The minimum atomic E-state index is -0.369. The van der Waals surface area contributed by atoms with Gasteiger partial charge in [-0.1, -0.05) is 44.1 Å². The van der Waals surface area contributed by atoms with Gasteiger partial charge in [-0.15, -0.1) is 0 Å². The predicted molar refractivity (Wildman–Crippen MR) is 138 cm³/mol. The molecule has 0 spiro atoms. The third kappa shape index (κ3) is 7.37. The highest BCUT2D eigenvalue weighted by Crippen LogP contribution is 2.25. The Kier molecular flexibility index (Phi) is 8.15. The molecule has 1 saturated heterocycles. The summed E-state index contributed by atoms with van der Waals surface area (Å²) in [6, 6.07) is 13.3.